The van der Waals surface area contributed by atoms with Crippen LogP contribution in [0.2, 0.25) is 0 Å². The van der Waals surface area contributed by atoms with Gasteiger partial charge in [-0.2, -0.15) is 0 Å². The molecule has 0 bridgehead atoms. The van der Waals surface area contributed by atoms with E-state index in [1.165, 1.54) is 34.0 Å². The topological polar surface area (TPSA) is 99.0 Å². The van der Waals surface area contributed by atoms with E-state index in [1.54, 1.807) is 18.2 Å². The highest BCUT2D eigenvalue weighted by atomic mass is 32.2. The van der Waals surface area contributed by atoms with Crippen LogP contribution in [0, 0.1) is 0 Å². The summed E-state index contributed by atoms with van der Waals surface area (Å²) in [6, 6.07) is 16.7. The number of carbonyl (C=O) groups excluding carboxylic acids is 1. The number of fused-ring (bicyclic) bond motifs is 1. The van der Waals surface area contributed by atoms with Crippen LogP contribution in [-0.4, -0.2) is 38.0 Å². The van der Waals surface area contributed by atoms with Gasteiger partial charge in [-0.3, -0.25) is 14.2 Å². The highest BCUT2D eigenvalue weighted by Gasteiger charge is 2.10. The average Bonchev–Trinajstić information content (AvgIpc) is 3.24. The number of para-hydroxylation sites is 2. The predicted molar refractivity (Wildman–Crippen MR) is 122 cm³/mol. The third-order valence-corrected chi connectivity index (χ3v) is 6.22. The number of aryl methyl sites for hydroxylation is 1. The second-order valence-corrected chi connectivity index (χ2v) is 8.76. The molecule has 2 heterocycles. The maximum absolute atomic E-state index is 12.5. The van der Waals surface area contributed by atoms with Crippen molar-refractivity contribution in [1.29, 1.82) is 0 Å². The van der Waals surface area contributed by atoms with Crippen LogP contribution >= 0.6 is 23.1 Å². The number of nitrogens with one attached hydrogen (secondary N) is 1. The molecule has 0 unspecified atom stereocenters. The number of ether oxygens (including phenoxy) is 1. The van der Waals surface area contributed by atoms with E-state index in [1.807, 2.05) is 36.4 Å². The maximum Gasteiger partial charge on any atom is 0.261 e. The molecule has 0 aliphatic heterocycles. The molecule has 158 valence electrons. The lowest BCUT2D eigenvalue weighted by Gasteiger charge is -2.06. The van der Waals surface area contributed by atoms with Crippen molar-refractivity contribution < 1.29 is 9.53 Å². The van der Waals surface area contributed by atoms with Gasteiger partial charge in [-0.05, 0) is 24.3 Å². The van der Waals surface area contributed by atoms with Crippen molar-refractivity contribution in [1.82, 2.24) is 19.7 Å². The molecular weight excluding hydrogens is 434 g/mol. The lowest BCUT2D eigenvalue weighted by molar-refractivity contribution is -0.116. The van der Waals surface area contributed by atoms with Gasteiger partial charge in [0, 0.05) is 18.7 Å². The number of aromatic nitrogens is 4. The van der Waals surface area contributed by atoms with E-state index in [0.717, 1.165) is 15.8 Å². The monoisotopic (exact) mass is 453 g/mol. The fourth-order valence-electron chi connectivity index (χ4n) is 2.79. The molecule has 0 aliphatic rings. The molecule has 0 aliphatic carbocycles. The van der Waals surface area contributed by atoms with Gasteiger partial charge >= 0.3 is 0 Å². The molecule has 4 aromatic rings. The van der Waals surface area contributed by atoms with E-state index in [-0.39, 0.29) is 24.4 Å². The molecule has 0 saturated heterocycles. The lowest BCUT2D eigenvalue weighted by Crippen LogP contribution is -2.23. The highest BCUT2D eigenvalue weighted by molar-refractivity contribution is 8.01. The maximum atomic E-state index is 12.5. The SMILES string of the molecule is O=C(CCn1cnc2ccccc2c1=O)Nc1nnc(SCCOc2ccccc2)s1. The Kier molecular flexibility index (Phi) is 6.90. The van der Waals surface area contributed by atoms with E-state index >= 15 is 0 Å². The Bertz CT molecular complexity index is 1230. The second-order valence-electron chi connectivity index (χ2n) is 6.44. The summed E-state index contributed by atoms with van der Waals surface area (Å²) in [5.41, 5.74) is 0.479. The minimum atomic E-state index is -0.236. The van der Waals surface area contributed by atoms with Crippen LogP contribution in [0.1, 0.15) is 6.42 Å². The number of hydrogen-bond acceptors (Lipinski definition) is 8. The van der Waals surface area contributed by atoms with Gasteiger partial charge in [0.1, 0.15) is 5.75 Å². The molecule has 1 amide bonds. The van der Waals surface area contributed by atoms with Gasteiger partial charge in [0.25, 0.3) is 5.56 Å². The van der Waals surface area contributed by atoms with E-state index in [0.29, 0.717) is 22.6 Å². The molecule has 2 aromatic heterocycles. The summed E-state index contributed by atoms with van der Waals surface area (Å²) < 4.78 is 7.83. The molecular formula is C21H19N5O3S2. The van der Waals surface area contributed by atoms with E-state index in [9.17, 15) is 9.59 Å². The summed E-state index contributed by atoms with van der Waals surface area (Å²) in [5, 5.41) is 11.8. The minimum Gasteiger partial charge on any atom is -0.493 e. The standard InChI is InChI=1S/C21H19N5O3S2/c27-18(10-11-26-14-22-17-9-5-4-8-16(17)19(26)28)23-20-24-25-21(31-20)30-13-12-29-15-6-2-1-3-7-15/h1-9,14H,10-13H2,(H,23,24,27). The average molecular weight is 454 g/mol. The van der Waals surface area contributed by atoms with Gasteiger partial charge < -0.3 is 10.1 Å². The van der Waals surface area contributed by atoms with Crippen molar-refractivity contribution in [2.24, 2.45) is 0 Å². The molecule has 0 atom stereocenters. The molecule has 0 fully saturated rings. The molecule has 8 nitrogen and oxygen atoms in total. The summed E-state index contributed by atoms with van der Waals surface area (Å²) in [4.78, 5) is 29.0. The summed E-state index contributed by atoms with van der Waals surface area (Å²) >= 11 is 2.82. The molecule has 1 N–H and O–H groups in total. The molecule has 31 heavy (non-hydrogen) atoms. The van der Waals surface area contributed by atoms with Crippen molar-refractivity contribution in [2.75, 3.05) is 17.7 Å². The molecule has 0 saturated carbocycles. The number of rotatable bonds is 9. The van der Waals surface area contributed by atoms with Crippen molar-refractivity contribution in [2.45, 2.75) is 17.3 Å². The van der Waals surface area contributed by atoms with Crippen LogP contribution < -0.4 is 15.6 Å². The minimum absolute atomic E-state index is 0.132. The van der Waals surface area contributed by atoms with Crippen molar-refractivity contribution in [3.8, 4) is 5.75 Å². The van der Waals surface area contributed by atoms with Crippen LogP contribution in [0.25, 0.3) is 10.9 Å². The molecule has 4 rings (SSSR count). The zero-order valence-corrected chi connectivity index (χ0v) is 18.1. The largest absolute Gasteiger partial charge is 0.493 e. The molecule has 2 aromatic carbocycles. The molecule has 0 spiro atoms. The first kappa shape index (κ1) is 21.0. The summed E-state index contributed by atoms with van der Waals surface area (Å²) in [5.74, 6) is 1.31. The Morgan fingerprint density at radius 2 is 1.90 bits per heavy atom. The van der Waals surface area contributed by atoms with E-state index in [2.05, 4.69) is 20.5 Å². The van der Waals surface area contributed by atoms with E-state index in [4.69, 9.17) is 4.74 Å². The van der Waals surface area contributed by atoms with Crippen LogP contribution in [0.4, 0.5) is 5.13 Å². The number of thioether (sulfide) groups is 1. The Morgan fingerprint density at radius 1 is 1.10 bits per heavy atom. The third kappa shape index (κ3) is 5.68. The van der Waals surface area contributed by atoms with E-state index < -0.39 is 0 Å². The first-order valence-electron chi connectivity index (χ1n) is 9.57. The Hall–Kier alpha value is -3.24. The number of hydrogen-bond donors (Lipinski definition) is 1. The lowest BCUT2D eigenvalue weighted by atomic mass is 10.2. The first-order valence-corrected chi connectivity index (χ1v) is 11.4. The quantitative estimate of drug-likeness (QED) is 0.235. The number of carbonyl (C=O) groups is 1. The summed E-state index contributed by atoms with van der Waals surface area (Å²) in [6.45, 7) is 0.782. The van der Waals surface area contributed by atoms with Crippen LogP contribution in [0.5, 0.6) is 5.75 Å². The smallest absolute Gasteiger partial charge is 0.261 e. The third-order valence-electron chi connectivity index (χ3n) is 4.28. The second kappa shape index (κ2) is 10.2. The van der Waals surface area contributed by atoms with Gasteiger partial charge in [0.2, 0.25) is 11.0 Å². The predicted octanol–water partition coefficient (Wildman–Crippen LogP) is 3.45. The number of nitrogens with zero attached hydrogens (tertiary/aromatic N) is 4. The number of benzene rings is 2. The Labute approximate surface area is 186 Å². The fourth-order valence-corrected chi connectivity index (χ4v) is 4.45. The fraction of sp³-hybridized carbons (Fsp3) is 0.190. The number of anilines is 1. The van der Waals surface area contributed by atoms with Crippen molar-refractivity contribution in [3.63, 3.8) is 0 Å². The van der Waals surface area contributed by atoms with Crippen molar-refractivity contribution in [3.05, 3.63) is 71.3 Å². The Balaban J connectivity index is 1.23. The zero-order valence-electron chi connectivity index (χ0n) is 16.4. The van der Waals surface area contributed by atoms with Crippen LogP contribution in [-0.2, 0) is 11.3 Å². The molecule has 0 radical (unpaired) electrons. The van der Waals surface area contributed by atoms with Crippen LogP contribution in [0.15, 0.2) is 70.1 Å². The first-order chi connectivity index (χ1) is 15.2. The van der Waals surface area contributed by atoms with Gasteiger partial charge in [-0.1, -0.05) is 53.4 Å². The Morgan fingerprint density at radius 3 is 2.77 bits per heavy atom. The van der Waals surface area contributed by atoms with Gasteiger partial charge in [-0.15, -0.1) is 10.2 Å². The molecule has 10 heteroatoms. The van der Waals surface area contributed by atoms with Crippen LogP contribution in [0.3, 0.4) is 0 Å². The zero-order chi connectivity index (χ0) is 21.5. The van der Waals surface area contributed by atoms with Gasteiger partial charge in [0.15, 0.2) is 4.34 Å². The van der Waals surface area contributed by atoms with Crippen molar-refractivity contribution >= 4 is 45.0 Å². The summed E-state index contributed by atoms with van der Waals surface area (Å²) in [7, 11) is 0. The van der Waals surface area contributed by atoms with Gasteiger partial charge in [0.05, 0.1) is 23.8 Å². The highest BCUT2D eigenvalue weighted by Crippen LogP contribution is 2.25. The van der Waals surface area contributed by atoms with Gasteiger partial charge in [-0.25, -0.2) is 4.98 Å². The summed E-state index contributed by atoms with van der Waals surface area (Å²) in [6.07, 6.45) is 1.60. The normalized spacial score (nSPS) is 10.8. The number of amides is 1.